The molecule has 1 aromatic carbocycles. The normalized spacial score (nSPS) is 21.6. The number of allylic oxidation sites excluding steroid dienone is 1. The van der Waals surface area contributed by atoms with Crippen molar-refractivity contribution in [3.8, 4) is 0 Å². The lowest BCUT2D eigenvalue weighted by Crippen LogP contribution is -2.42. The fourth-order valence-electron chi connectivity index (χ4n) is 4.01. The van der Waals surface area contributed by atoms with Crippen molar-refractivity contribution in [2.24, 2.45) is 5.73 Å². The summed E-state index contributed by atoms with van der Waals surface area (Å²) in [5.74, 6) is -6.18. The van der Waals surface area contributed by atoms with Crippen LogP contribution >= 0.6 is 0 Å². The molecule has 6 nitrogen and oxygen atoms in total. The van der Waals surface area contributed by atoms with E-state index in [1.54, 1.807) is 6.08 Å². The Labute approximate surface area is 172 Å². The van der Waals surface area contributed by atoms with Gasteiger partial charge >= 0.3 is 6.18 Å². The van der Waals surface area contributed by atoms with E-state index in [0.717, 1.165) is 16.7 Å². The molecule has 0 fully saturated rings. The van der Waals surface area contributed by atoms with Crippen molar-refractivity contribution < 1.29 is 31.1 Å². The van der Waals surface area contributed by atoms with Gasteiger partial charge in [0.1, 0.15) is 0 Å². The van der Waals surface area contributed by atoms with Gasteiger partial charge in [-0.15, -0.1) is 10.2 Å². The molecule has 1 aliphatic heterocycles. The quantitative estimate of drug-likeness (QED) is 0.570. The Bertz CT molecular complexity index is 1040. The summed E-state index contributed by atoms with van der Waals surface area (Å²) in [6.45, 7) is -0.192. The van der Waals surface area contributed by atoms with E-state index in [1.807, 2.05) is 0 Å². The molecular formula is C19H17F6N5O. The second kappa shape index (κ2) is 7.66. The Hall–Kier alpha value is -2.89. The molecule has 2 atom stereocenters. The molecule has 0 unspecified atom stereocenters. The molecular weight excluding hydrogens is 428 g/mol. The van der Waals surface area contributed by atoms with Crippen LogP contribution in [0, 0.1) is 17.5 Å². The van der Waals surface area contributed by atoms with Crippen LogP contribution in [-0.4, -0.2) is 38.2 Å². The first-order chi connectivity index (χ1) is 14.6. The van der Waals surface area contributed by atoms with Crippen molar-refractivity contribution in [3.63, 3.8) is 0 Å². The number of nitrogens with zero attached hydrogens (tertiary/aromatic N) is 4. The molecule has 1 aliphatic carbocycles. The van der Waals surface area contributed by atoms with E-state index in [9.17, 15) is 31.1 Å². The number of halogens is 6. The Morgan fingerprint density at radius 2 is 1.77 bits per heavy atom. The van der Waals surface area contributed by atoms with Gasteiger partial charge in [-0.3, -0.25) is 4.79 Å². The molecule has 2 aromatic rings. The fraction of sp³-hybridized carbons (Fsp3) is 0.421. The second-order valence-electron chi connectivity index (χ2n) is 7.55. The minimum absolute atomic E-state index is 0.0303. The van der Waals surface area contributed by atoms with Gasteiger partial charge in [-0.1, -0.05) is 6.08 Å². The van der Waals surface area contributed by atoms with Gasteiger partial charge in [0.05, 0.1) is 6.54 Å². The summed E-state index contributed by atoms with van der Waals surface area (Å²) >= 11 is 0. The van der Waals surface area contributed by atoms with Crippen LogP contribution < -0.4 is 5.73 Å². The van der Waals surface area contributed by atoms with Gasteiger partial charge in [0.2, 0.25) is 11.7 Å². The van der Waals surface area contributed by atoms with Crippen molar-refractivity contribution in [1.82, 2.24) is 19.7 Å². The van der Waals surface area contributed by atoms with E-state index in [1.165, 1.54) is 4.90 Å². The third-order valence-electron chi connectivity index (χ3n) is 5.59. The molecule has 166 valence electrons. The van der Waals surface area contributed by atoms with Crippen molar-refractivity contribution in [3.05, 3.63) is 58.4 Å². The van der Waals surface area contributed by atoms with Crippen LogP contribution in [0.3, 0.4) is 0 Å². The molecule has 31 heavy (non-hydrogen) atoms. The van der Waals surface area contributed by atoms with E-state index >= 15 is 0 Å². The maximum Gasteiger partial charge on any atom is 0.451 e. The van der Waals surface area contributed by atoms with Crippen molar-refractivity contribution >= 4 is 5.91 Å². The topological polar surface area (TPSA) is 77.0 Å². The molecule has 0 spiro atoms. The summed E-state index contributed by atoms with van der Waals surface area (Å²) in [6, 6.07) is 1.12. The van der Waals surface area contributed by atoms with Gasteiger partial charge < -0.3 is 15.2 Å². The lowest BCUT2D eigenvalue weighted by atomic mass is 9.80. The predicted octanol–water partition coefficient (Wildman–Crippen LogP) is 2.89. The van der Waals surface area contributed by atoms with E-state index in [2.05, 4.69) is 10.2 Å². The van der Waals surface area contributed by atoms with Crippen LogP contribution in [0.5, 0.6) is 0 Å². The summed E-state index contributed by atoms with van der Waals surface area (Å²) in [5.41, 5.74) is 6.68. The highest BCUT2D eigenvalue weighted by Crippen LogP contribution is 2.34. The SMILES string of the molecule is N[C@H]1CC(C(=O)N2CCn3c(nnc3C(F)(F)F)C2)=CC[C@@H]1c1cc(F)c(F)c(F)c1. The molecule has 1 aromatic heterocycles. The molecule has 0 bridgehead atoms. The predicted molar refractivity (Wildman–Crippen MR) is 94.8 cm³/mol. The Balaban J connectivity index is 1.49. The summed E-state index contributed by atoms with van der Waals surface area (Å²) in [4.78, 5) is 14.2. The third-order valence-corrected chi connectivity index (χ3v) is 5.59. The summed E-state index contributed by atoms with van der Waals surface area (Å²) in [7, 11) is 0. The lowest BCUT2D eigenvalue weighted by Gasteiger charge is -2.33. The van der Waals surface area contributed by atoms with E-state index < -0.39 is 47.3 Å². The average molecular weight is 445 g/mol. The maximum atomic E-state index is 13.6. The summed E-state index contributed by atoms with van der Waals surface area (Å²) in [6.07, 6.45) is -2.74. The highest BCUT2D eigenvalue weighted by molar-refractivity contribution is 5.93. The fourth-order valence-corrected chi connectivity index (χ4v) is 4.01. The third kappa shape index (κ3) is 3.91. The number of rotatable bonds is 2. The molecule has 0 saturated heterocycles. The largest absolute Gasteiger partial charge is 0.451 e. The number of hydrogen-bond acceptors (Lipinski definition) is 4. The zero-order chi connectivity index (χ0) is 22.5. The Morgan fingerprint density at radius 1 is 1.10 bits per heavy atom. The standard InChI is InChI=1S/C19H17F6N5O/c20-12-5-10(6-13(21)16(12)22)11-2-1-9(7-14(11)26)17(31)29-3-4-30-15(8-29)27-28-18(30)19(23,24)25/h1,5-6,11,14H,2-4,7-8,26H2/t11-,14+/m1/s1. The van der Waals surface area contributed by atoms with Crippen molar-refractivity contribution in [2.45, 2.75) is 44.1 Å². The Morgan fingerprint density at radius 3 is 2.39 bits per heavy atom. The molecule has 1 amide bonds. The highest BCUT2D eigenvalue weighted by atomic mass is 19.4. The average Bonchev–Trinajstić information content (AvgIpc) is 3.14. The maximum absolute atomic E-state index is 13.6. The monoisotopic (exact) mass is 445 g/mol. The first kappa shape index (κ1) is 21.3. The number of amides is 1. The molecule has 2 heterocycles. The summed E-state index contributed by atoms with van der Waals surface area (Å²) < 4.78 is 80.1. The van der Waals surface area contributed by atoms with Gasteiger partial charge in [0.25, 0.3) is 0 Å². The van der Waals surface area contributed by atoms with Crippen LogP contribution in [-0.2, 0) is 24.1 Å². The second-order valence-corrected chi connectivity index (χ2v) is 7.55. The number of aromatic nitrogens is 3. The van der Waals surface area contributed by atoms with Gasteiger partial charge in [0, 0.05) is 30.6 Å². The van der Waals surface area contributed by atoms with Crippen LogP contribution in [0.25, 0.3) is 0 Å². The van der Waals surface area contributed by atoms with Gasteiger partial charge in [0.15, 0.2) is 23.3 Å². The molecule has 2 N–H and O–H groups in total. The molecule has 2 aliphatic rings. The zero-order valence-corrected chi connectivity index (χ0v) is 16.0. The number of alkyl halides is 3. The van der Waals surface area contributed by atoms with E-state index in [4.69, 9.17) is 5.73 Å². The van der Waals surface area contributed by atoms with Crippen molar-refractivity contribution in [1.29, 1.82) is 0 Å². The number of hydrogen-bond donors (Lipinski definition) is 1. The molecule has 12 heteroatoms. The van der Waals surface area contributed by atoms with Gasteiger partial charge in [-0.05, 0) is 30.5 Å². The van der Waals surface area contributed by atoms with E-state index in [0.29, 0.717) is 5.57 Å². The van der Waals surface area contributed by atoms with Gasteiger partial charge in [-0.2, -0.15) is 13.2 Å². The van der Waals surface area contributed by atoms with Crippen LogP contribution in [0.1, 0.15) is 36.0 Å². The minimum atomic E-state index is -4.63. The number of benzene rings is 1. The first-order valence-electron chi connectivity index (χ1n) is 9.44. The lowest BCUT2D eigenvalue weighted by molar-refractivity contribution is -0.148. The summed E-state index contributed by atoms with van der Waals surface area (Å²) in [5, 5.41) is 6.72. The van der Waals surface area contributed by atoms with Crippen LogP contribution in [0.15, 0.2) is 23.8 Å². The van der Waals surface area contributed by atoms with E-state index in [-0.39, 0.29) is 43.9 Å². The Kier molecular flexibility index (Phi) is 5.28. The molecule has 0 radical (unpaired) electrons. The van der Waals surface area contributed by atoms with Crippen LogP contribution in [0.2, 0.25) is 0 Å². The smallest absolute Gasteiger partial charge is 0.330 e. The molecule has 4 rings (SSSR count). The minimum Gasteiger partial charge on any atom is -0.330 e. The first-order valence-corrected chi connectivity index (χ1v) is 9.44. The highest BCUT2D eigenvalue weighted by Gasteiger charge is 2.40. The number of nitrogens with two attached hydrogens (primary N) is 1. The number of carbonyl (C=O) groups is 1. The number of carbonyl (C=O) groups excluding carboxylic acids is 1. The van der Waals surface area contributed by atoms with Crippen LogP contribution in [0.4, 0.5) is 26.3 Å². The number of fused-ring (bicyclic) bond motifs is 1. The molecule has 0 saturated carbocycles. The van der Waals surface area contributed by atoms with Crippen molar-refractivity contribution in [2.75, 3.05) is 6.54 Å². The van der Waals surface area contributed by atoms with Gasteiger partial charge in [-0.25, -0.2) is 13.2 Å². The zero-order valence-electron chi connectivity index (χ0n) is 16.0.